The van der Waals surface area contributed by atoms with Crippen LogP contribution in [0.4, 0.5) is 4.39 Å². The third kappa shape index (κ3) is 2.04. The molecule has 1 saturated carbocycles. The Hall–Kier alpha value is -1.42. The van der Waals surface area contributed by atoms with E-state index in [4.69, 9.17) is 5.73 Å². The number of halogens is 1. The highest BCUT2D eigenvalue weighted by atomic mass is 19.1. The highest BCUT2D eigenvalue weighted by molar-refractivity contribution is 5.76. The smallest absolute Gasteiger partial charge is 0.129 e. The first-order chi connectivity index (χ1) is 8.99. The summed E-state index contributed by atoms with van der Waals surface area (Å²) in [4.78, 5) is 4.60. The third-order valence-corrected chi connectivity index (χ3v) is 4.32. The van der Waals surface area contributed by atoms with E-state index in [1.165, 1.54) is 18.6 Å². The van der Waals surface area contributed by atoms with Crippen LogP contribution in [0.2, 0.25) is 0 Å². The monoisotopic (exact) mass is 261 g/mol. The fourth-order valence-corrected chi connectivity index (χ4v) is 3.41. The van der Waals surface area contributed by atoms with E-state index in [-0.39, 0.29) is 11.4 Å². The minimum Gasteiger partial charge on any atom is -0.330 e. The van der Waals surface area contributed by atoms with Gasteiger partial charge in [0, 0.05) is 13.1 Å². The Morgan fingerprint density at radius 3 is 3.00 bits per heavy atom. The second-order valence-corrected chi connectivity index (χ2v) is 5.99. The molecule has 1 aliphatic rings. The Morgan fingerprint density at radius 2 is 2.26 bits per heavy atom. The van der Waals surface area contributed by atoms with Gasteiger partial charge in [0.15, 0.2) is 0 Å². The van der Waals surface area contributed by atoms with Crippen LogP contribution < -0.4 is 5.73 Å². The van der Waals surface area contributed by atoms with Gasteiger partial charge in [-0.3, -0.25) is 0 Å². The van der Waals surface area contributed by atoms with Crippen molar-refractivity contribution in [2.75, 3.05) is 0 Å². The summed E-state index contributed by atoms with van der Waals surface area (Å²) in [5, 5.41) is 0. The largest absolute Gasteiger partial charge is 0.330 e. The first kappa shape index (κ1) is 12.6. The topological polar surface area (TPSA) is 43.8 Å². The summed E-state index contributed by atoms with van der Waals surface area (Å²) >= 11 is 0. The van der Waals surface area contributed by atoms with E-state index in [1.54, 1.807) is 6.07 Å². The van der Waals surface area contributed by atoms with Gasteiger partial charge in [-0.1, -0.05) is 19.8 Å². The molecule has 4 heteroatoms. The van der Waals surface area contributed by atoms with E-state index < -0.39 is 0 Å². The SMILES string of the molecule is CC1CCCC(N)(c2nc3cc(F)ccc3n2C)C1. The van der Waals surface area contributed by atoms with Crippen LogP contribution in [0, 0.1) is 11.7 Å². The van der Waals surface area contributed by atoms with Crippen molar-refractivity contribution in [1.29, 1.82) is 0 Å². The van der Waals surface area contributed by atoms with Crippen molar-refractivity contribution in [3.63, 3.8) is 0 Å². The van der Waals surface area contributed by atoms with Gasteiger partial charge in [-0.2, -0.15) is 0 Å². The number of rotatable bonds is 1. The van der Waals surface area contributed by atoms with E-state index in [2.05, 4.69) is 11.9 Å². The number of nitrogens with two attached hydrogens (primary N) is 1. The van der Waals surface area contributed by atoms with E-state index in [1.807, 2.05) is 11.6 Å². The normalized spacial score (nSPS) is 27.9. The van der Waals surface area contributed by atoms with E-state index in [0.29, 0.717) is 11.4 Å². The molecular formula is C15H20FN3. The Labute approximate surface area is 112 Å². The van der Waals surface area contributed by atoms with E-state index in [9.17, 15) is 4.39 Å². The van der Waals surface area contributed by atoms with Gasteiger partial charge in [0.1, 0.15) is 11.6 Å². The van der Waals surface area contributed by atoms with Gasteiger partial charge in [0.25, 0.3) is 0 Å². The molecular weight excluding hydrogens is 241 g/mol. The molecule has 0 radical (unpaired) electrons. The zero-order chi connectivity index (χ0) is 13.6. The van der Waals surface area contributed by atoms with Crippen LogP contribution >= 0.6 is 0 Å². The molecule has 0 bridgehead atoms. The minimum absolute atomic E-state index is 0.250. The van der Waals surface area contributed by atoms with E-state index >= 15 is 0 Å². The van der Waals surface area contributed by atoms with Crippen molar-refractivity contribution in [3.8, 4) is 0 Å². The molecule has 0 spiro atoms. The maximum atomic E-state index is 13.3. The van der Waals surface area contributed by atoms with Gasteiger partial charge in [-0.15, -0.1) is 0 Å². The Morgan fingerprint density at radius 1 is 1.47 bits per heavy atom. The van der Waals surface area contributed by atoms with Crippen LogP contribution in [0.25, 0.3) is 11.0 Å². The average molecular weight is 261 g/mol. The molecule has 1 aromatic carbocycles. The van der Waals surface area contributed by atoms with Crippen LogP contribution in [0.3, 0.4) is 0 Å². The van der Waals surface area contributed by atoms with Gasteiger partial charge in [-0.05, 0) is 30.9 Å². The molecule has 2 aromatic rings. The number of fused-ring (bicyclic) bond motifs is 1. The first-order valence-electron chi connectivity index (χ1n) is 6.91. The summed E-state index contributed by atoms with van der Waals surface area (Å²) in [5.74, 6) is 1.26. The van der Waals surface area contributed by atoms with E-state index in [0.717, 1.165) is 30.6 Å². The molecule has 1 fully saturated rings. The zero-order valence-electron chi connectivity index (χ0n) is 11.5. The lowest BCUT2D eigenvalue weighted by Gasteiger charge is -2.36. The molecule has 1 heterocycles. The summed E-state index contributed by atoms with van der Waals surface area (Å²) in [6, 6.07) is 4.73. The van der Waals surface area contributed by atoms with Crippen molar-refractivity contribution in [2.45, 2.75) is 38.1 Å². The number of hydrogen-bond donors (Lipinski definition) is 1. The van der Waals surface area contributed by atoms with Gasteiger partial charge in [0.05, 0.1) is 16.6 Å². The Balaban J connectivity index is 2.11. The van der Waals surface area contributed by atoms with Crippen LogP contribution in [-0.4, -0.2) is 9.55 Å². The fraction of sp³-hybridized carbons (Fsp3) is 0.533. The summed E-state index contributed by atoms with van der Waals surface area (Å²) < 4.78 is 15.3. The Bertz CT molecular complexity index is 619. The lowest BCUT2D eigenvalue weighted by Crippen LogP contribution is -2.43. The second kappa shape index (κ2) is 4.30. The van der Waals surface area contributed by atoms with Gasteiger partial charge < -0.3 is 10.3 Å². The third-order valence-electron chi connectivity index (χ3n) is 4.32. The molecule has 1 aromatic heterocycles. The number of hydrogen-bond acceptors (Lipinski definition) is 2. The summed E-state index contributed by atoms with van der Waals surface area (Å²) in [6.07, 6.45) is 4.27. The molecule has 3 nitrogen and oxygen atoms in total. The molecule has 0 saturated heterocycles. The van der Waals surface area contributed by atoms with Gasteiger partial charge >= 0.3 is 0 Å². The summed E-state index contributed by atoms with van der Waals surface area (Å²) in [7, 11) is 1.97. The molecule has 2 atom stereocenters. The predicted molar refractivity (Wildman–Crippen MR) is 74.2 cm³/mol. The number of aryl methyl sites for hydroxylation is 1. The quantitative estimate of drug-likeness (QED) is 0.857. The second-order valence-electron chi connectivity index (χ2n) is 5.99. The Kier molecular flexibility index (Phi) is 2.86. The molecule has 0 aliphatic heterocycles. The van der Waals surface area contributed by atoms with Crippen molar-refractivity contribution in [3.05, 3.63) is 29.8 Å². The average Bonchev–Trinajstić information content (AvgIpc) is 2.66. The van der Waals surface area contributed by atoms with Crippen molar-refractivity contribution in [1.82, 2.24) is 9.55 Å². The highest BCUT2D eigenvalue weighted by Gasteiger charge is 2.36. The van der Waals surface area contributed by atoms with Crippen molar-refractivity contribution >= 4 is 11.0 Å². The van der Waals surface area contributed by atoms with Crippen LogP contribution in [0.15, 0.2) is 18.2 Å². The summed E-state index contributed by atoms with van der Waals surface area (Å²) in [5.41, 5.74) is 7.86. The molecule has 2 N–H and O–H groups in total. The first-order valence-corrected chi connectivity index (χ1v) is 6.91. The molecule has 102 valence electrons. The molecule has 0 amide bonds. The summed E-state index contributed by atoms with van der Waals surface area (Å²) in [6.45, 7) is 2.24. The maximum Gasteiger partial charge on any atom is 0.129 e. The van der Waals surface area contributed by atoms with Crippen LogP contribution in [-0.2, 0) is 12.6 Å². The molecule has 2 unspecified atom stereocenters. The van der Waals surface area contributed by atoms with Crippen LogP contribution in [0.5, 0.6) is 0 Å². The zero-order valence-corrected chi connectivity index (χ0v) is 11.5. The van der Waals surface area contributed by atoms with Gasteiger partial charge in [-0.25, -0.2) is 9.37 Å². The van der Waals surface area contributed by atoms with Gasteiger partial charge in [0.2, 0.25) is 0 Å². The van der Waals surface area contributed by atoms with Crippen molar-refractivity contribution in [2.24, 2.45) is 18.7 Å². The number of imidazole rings is 1. The minimum atomic E-state index is -0.373. The number of nitrogens with zero attached hydrogens (tertiary/aromatic N) is 2. The fourth-order valence-electron chi connectivity index (χ4n) is 3.41. The number of benzene rings is 1. The number of aromatic nitrogens is 2. The molecule has 19 heavy (non-hydrogen) atoms. The predicted octanol–water partition coefficient (Wildman–Crippen LogP) is 3.08. The lowest BCUT2D eigenvalue weighted by atomic mass is 9.76. The highest BCUT2D eigenvalue weighted by Crippen LogP contribution is 2.38. The lowest BCUT2D eigenvalue weighted by molar-refractivity contribution is 0.225. The van der Waals surface area contributed by atoms with Crippen molar-refractivity contribution < 1.29 is 4.39 Å². The maximum absolute atomic E-state index is 13.3. The molecule has 1 aliphatic carbocycles. The molecule has 3 rings (SSSR count). The van der Waals surface area contributed by atoms with Crippen LogP contribution in [0.1, 0.15) is 38.4 Å². The standard InChI is InChI=1S/C15H20FN3/c1-10-4-3-7-15(17,9-10)14-18-12-8-11(16)5-6-13(12)19(14)2/h5-6,8,10H,3-4,7,9,17H2,1-2H3.